The van der Waals surface area contributed by atoms with Crippen molar-refractivity contribution < 1.29 is 4.39 Å². The summed E-state index contributed by atoms with van der Waals surface area (Å²) >= 11 is 1.43. The predicted octanol–water partition coefficient (Wildman–Crippen LogP) is 2.23. The van der Waals surface area contributed by atoms with E-state index in [9.17, 15) is 4.39 Å². The average Bonchev–Trinajstić information content (AvgIpc) is 2.33. The van der Waals surface area contributed by atoms with Crippen molar-refractivity contribution in [2.24, 2.45) is 5.73 Å². The molecule has 0 aliphatic carbocycles. The zero-order chi connectivity index (χ0) is 11.4. The van der Waals surface area contributed by atoms with Crippen LogP contribution in [0.5, 0.6) is 0 Å². The lowest BCUT2D eigenvalue weighted by atomic mass is 10.2. The van der Waals surface area contributed by atoms with E-state index >= 15 is 0 Å². The van der Waals surface area contributed by atoms with Gasteiger partial charge >= 0.3 is 0 Å². The minimum absolute atomic E-state index is 0.274. The molecular weight excluding hydrogens is 225 g/mol. The summed E-state index contributed by atoms with van der Waals surface area (Å²) in [5.41, 5.74) is 6.33. The number of benzene rings is 1. The van der Waals surface area contributed by atoms with Gasteiger partial charge in [-0.3, -0.25) is 4.98 Å². The third-order valence-corrected chi connectivity index (χ3v) is 3.03. The minimum Gasteiger partial charge on any atom is -0.326 e. The Morgan fingerprint density at radius 2 is 2.19 bits per heavy atom. The molecule has 0 saturated heterocycles. The van der Waals surface area contributed by atoms with Crippen LogP contribution in [0.4, 0.5) is 4.39 Å². The van der Waals surface area contributed by atoms with Gasteiger partial charge in [0.15, 0.2) is 0 Å². The molecule has 0 unspecified atom stereocenters. The van der Waals surface area contributed by atoms with Crippen molar-refractivity contribution in [1.82, 2.24) is 9.97 Å². The summed E-state index contributed by atoms with van der Waals surface area (Å²) in [6.45, 7) is 0.306. The maximum atomic E-state index is 13.0. The van der Waals surface area contributed by atoms with Crippen LogP contribution in [0.2, 0.25) is 0 Å². The number of rotatable bonds is 3. The topological polar surface area (TPSA) is 51.8 Å². The first-order chi connectivity index (χ1) is 7.79. The summed E-state index contributed by atoms with van der Waals surface area (Å²) in [5, 5.41) is 0.767. The third kappa shape index (κ3) is 2.56. The number of hydrogen-bond donors (Lipinski definition) is 1. The molecule has 0 amide bonds. The standard InChI is InChI=1S/C11H10FN3S/c12-9-1-2-10(8(5-9)6-13)16-11-7-14-3-4-15-11/h1-5,7H,6,13H2. The van der Waals surface area contributed by atoms with E-state index in [1.54, 1.807) is 24.7 Å². The number of nitrogens with two attached hydrogens (primary N) is 1. The molecule has 0 fully saturated rings. The van der Waals surface area contributed by atoms with Gasteiger partial charge in [-0.25, -0.2) is 9.37 Å². The van der Waals surface area contributed by atoms with Gasteiger partial charge < -0.3 is 5.73 Å². The van der Waals surface area contributed by atoms with Crippen molar-refractivity contribution in [1.29, 1.82) is 0 Å². The monoisotopic (exact) mass is 235 g/mol. The SMILES string of the molecule is NCc1cc(F)ccc1Sc1cnccn1. The third-order valence-electron chi connectivity index (χ3n) is 2.00. The Bertz CT molecular complexity index is 476. The molecule has 16 heavy (non-hydrogen) atoms. The quantitative estimate of drug-likeness (QED) is 0.886. The van der Waals surface area contributed by atoms with E-state index in [0.717, 1.165) is 15.5 Å². The Hall–Kier alpha value is -1.46. The van der Waals surface area contributed by atoms with Gasteiger partial charge in [0, 0.05) is 23.8 Å². The largest absolute Gasteiger partial charge is 0.326 e. The average molecular weight is 235 g/mol. The first kappa shape index (κ1) is 11.0. The van der Waals surface area contributed by atoms with Gasteiger partial charge in [0.1, 0.15) is 10.8 Å². The van der Waals surface area contributed by atoms with Gasteiger partial charge in [0.2, 0.25) is 0 Å². The smallest absolute Gasteiger partial charge is 0.123 e. The first-order valence-corrected chi connectivity index (χ1v) is 5.53. The molecule has 1 heterocycles. The Balaban J connectivity index is 2.28. The fourth-order valence-electron chi connectivity index (χ4n) is 1.26. The molecule has 0 saturated carbocycles. The summed E-state index contributed by atoms with van der Waals surface area (Å²) in [7, 11) is 0. The highest BCUT2D eigenvalue weighted by Crippen LogP contribution is 2.28. The molecule has 0 aliphatic heterocycles. The lowest BCUT2D eigenvalue weighted by molar-refractivity contribution is 0.623. The summed E-state index contributed by atoms with van der Waals surface area (Å²) in [6, 6.07) is 4.56. The summed E-state index contributed by atoms with van der Waals surface area (Å²) < 4.78 is 13.0. The number of nitrogens with zero attached hydrogens (tertiary/aromatic N) is 2. The molecule has 1 aromatic carbocycles. The van der Waals surface area contributed by atoms with Crippen molar-refractivity contribution in [3.8, 4) is 0 Å². The highest BCUT2D eigenvalue weighted by atomic mass is 32.2. The minimum atomic E-state index is -0.274. The molecule has 3 nitrogen and oxygen atoms in total. The summed E-state index contributed by atoms with van der Waals surface area (Å²) in [4.78, 5) is 9.01. The van der Waals surface area contributed by atoms with Crippen LogP contribution >= 0.6 is 11.8 Å². The second-order valence-corrected chi connectivity index (χ2v) is 4.16. The molecule has 0 spiro atoms. The molecule has 1 aromatic heterocycles. The summed E-state index contributed by atoms with van der Waals surface area (Å²) in [6.07, 6.45) is 4.89. The van der Waals surface area contributed by atoms with Crippen LogP contribution in [-0.4, -0.2) is 9.97 Å². The lowest BCUT2D eigenvalue weighted by Crippen LogP contribution is -1.99. The lowest BCUT2D eigenvalue weighted by Gasteiger charge is -2.06. The predicted molar refractivity (Wildman–Crippen MR) is 60.4 cm³/mol. The van der Waals surface area contributed by atoms with E-state index in [0.29, 0.717) is 6.54 Å². The number of aromatic nitrogens is 2. The van der Waals surface area contributed by atoms with Crippen molar-refractivity contribution in [3.05, 3.63) is 48.2 Å². The van der Waals surface area contributed by atoms with Gasteiger partial charge in [-0.15, -0.1) is 0 Å². The Labute approximate surface area is 96.9 Å². The normalized spacial score (nSPS) is 10.4. The van der Waals surface area contributed by atoms with E-state index in [4.69, 9.17) is 5.73 Å². The second kappa shape index (κ2) is 5.05. The number of halogens is 1. The number of hydrogen-bond acceptors (Lipinski definition) is 4. The second-order valence-electron chi connectivity index (χ2n) is 3.10. The van der Waals surface area contributed by atoms with Crippen LogP contribution in [0.3, 0.4) is 0 Å². The van der Waals surface area contributed by atoms with E-state index in [-0.39, 0.29) is 5.82 Å². The maximum absolute atomic E-state index is 13.0. The molecule has 2 aromatic rings. The van der Waals surface area contributed by atoms with Crippen LogP contribution in [0, 0.1) is 5.82 Å². The Morgan fingerprint density at radius 3 is 2.88 bits per heavy atom. The van der Waals surface area contributed by atoms with Crippen molar-refractivity contribution >= 4 is 11.8 Å². The summed E-state index contributed by atoms with van der Waals surface area (Å²) in [5.74, 6) is -0.274. The van der Waals surface area contributed by atoms with Crippen LogP contribution in [0.1, 0.15) is 5.56 Å². The van der Waals surface area contributed by atoms with Crippen molar-refractivity contribution in [2.75, 3.05) is 0 Å². The van der Waals surface area contributed by atoms with Gasteiger partial charge in [0.05, 0.1) is 6.20 Å². The van der Waals surface area contributed by atoms with Crippen LogP contribution in [0.25, 0.3) is 0 Å². The highest BCUT2D eigenvalue weighted by Gasteiger charge is 2.05. The zero-order valence-corrected chi connectivity index (χ0v) is 9.25. The van der Waals surface area contributed by atoms with Gasteiger partial charge in [-0.1, -0.05) is 11.8 Å². The molecule has 2 rings (SSSR count). The zero-order valence-electron chi connectivity index (χ0n) is 8.43. The first-order valence-electron chi connectivity index (χ1n) is 4.72. The van der Waals surface area contributed by atoms with Gasteiger partial charge in [0.25, 0.3) is 0 Å². The van der Waals surface area contributed by atoms with Crippen LogP contribution < -0.4 is 5.73 Å². The van der Waals surface area contributed by atoms with E-state index in [1.807, 2.05) is 0 Å². The highest BCUT2D eigenvalue weighted by molar-refractivity contribution is 7.99. The van der Waals surface area contributed by atoms with E-state index in [1.165, 1.54) is 23.9 Å². The molecule has 82 valence electrons. The Kier molecular flexibility index (Phi) is 3.48. The van der Waals surface area contributed by atoms with Gasteiger partial charge in [-0.2, -0.15) is 0 Å². The molecule has 0 bridgehead atoms. The van der Waals surface area contributed by atoms with Crippen molar-refractivity contribution in [3.63, 3.8) is 0 Å². The van der Waals surface area contributed by atoms with E-state index in [2.05, 4.69) is 9.97 Å². The fourth-order valence-corrected chi connectivity index (χ4v) is 2.12. The fraction of sp³-hybridized carbons (Fsp3) is 0.0909. The van der Waals surface area contributed by atoms with Crippen molar-refractivity contribution in [2.45, 2.75) is 16.5 Å². The van der Waals surface area contributed by atoms with Crippen LogP contribution in [-0.2, 0) is 6.54 Å². The molecule has 0 radical (unpaired) electrons. The Morgan fingerprint density at radius 1 is 1.31 bits per heavy atom. The van der Waals surface area contributed by atoms with Crippen LogP contribution in [0.15, 0.2) is 46.7 Å². The molecule has 2 N–H and O–H groups in total. The molecule has 0 atom stereocenters. The maximum Gasteiger partial charge on any atom is 0.123 e. The van der Waals surface area contributed by atoms with E-state index < -0.39 is 0 Å². The van der Waals surface area contributed by atoms with Gasteiger partial charge in [-0.05, 0) is 23.8 Å². The molecular formula is C11H10FN3S. The molecule has 0 aliphatic rings. The molecule has 5 heteroatoms.